The van der Waals surface area contributed by atoms with Gasteiger partial charge in [0.05, 0.1) is 0 Å². The molecule has 2 nitrogen and oxygen atoms in total. The summed E-state index contributed by atoms with van der Waals surface area (Å²) in [7, 11) is 0. The predicted molar refractivity (Wildman–Crippen MR) is 69.0 cm³/mol. The van der Waals surface area contributed by atoms with E-state index in [1.165, 1.54) is 12.1 Å². The monoisotopic (exact) mass is 241 g/mol. The maximum Gasteiger partial charge on any atom is 0.123 e. The Bertz CT molecular complexity index is 658. The fraction of sp³-hybridized carbons (Fsp3) is 0.0667. The van der Waals surface area contributed by atoms with Gasteiger partial charge in [0.25, 0.3) is 0 Å². The van der Waals surface area contributed by atoms with E-state index >= 15 is 0 Å². The summed E-state index contributed by atoms with van der Waals surface area (Å²) in [6.45, 7) is 0.441. The van der Waals surface area contributed by atoms with Gasteiger partial charge in [-0.1, -0.05) is 12.1 Å². The van der Waals surface area contributed by atoms with Gasteiger partial charge < -0.3 is 9.72 Å². The largest absolute Gasteiger partial charge is 0.489 e. The summed E-state index contributed by atoms with van der Waals surface area (Å²) < 4.78 is 18.4. The molecule has 3 heteroatoms. The standard InChI is InChI=1S/C15H12FNO/c16-13-3-1-11(2-4-13)10-18-14-5-6-15-12(9-14)7-8-17-15/h1-9,17H,10H2. The van der Waals surface area contributed by atoms with E-state index in [0.29, 0.717) is 6.61 Å². The van der Waals surface area contributed by atoms with E-state index in [-0.39, 0.29) is 5.82 Å². The van der Waals surface area contributed by atoms with E-state index in [1.807, 2.05) is 30.5 Å². The van der Waals surface area contributed by atoms with Crippen LogP contribution in [0.1, 0.15) is 5.56 Å². The minimum absolute atomic E-state index is 0.229. The molecule has 3 rings (SSSR count). The Labute approximate surface area is 104 Å². The molecular weight excluding hydrogens is 229 g/mol. The van der Waals surface area contributed by atoms with Gasteiger partial charge in [0.1, 0.15) is 18.2 Å². The number of H-pyrrole nitrogens is 1. The number of aromatic amines is 1. The van der Waals surface area contributed by atoms with E-state index in [2.05, 4.69) is 4.98 Å². The third-order valence-electron chi connectivity index (χ3n) is 2.84. The highest BCUT2D eigenvalue weighted by Crippen LogP contribution is 2.20. The van der Waals surface area contributed by atoms with Gasteiger partial charge in [0.2, 0.25) is 0 Å². The maximum absolute atomic E-state index is 12.7. The molecule has 2 aromatic carbocycles. The van der Waals surface area contributed by atoms with Gasteiger partial charge in [-0.05, 0) is 42.0 Å². The molecule has 0 aliphatic heterocycles. The molecule has 0 atom stereocenters. The molecule has 0 saturated heterocycles. The van der Waals surface area contributed by atoms with Gasteiger partial charge in [-0.15, -0.1) is 0 Å². The first-order valence-corrected chi connectivity index (χ1v) is 5.76. The van der Waals surface area contributed by atoms with Crippen molar-refractivity contribution in [1.82, 2.24) is 4.98 Å². The number of hydrogen-bond acceptors (Lipinski definition) is 1. The van der Waals surface area contributed by atoms with E-state index in [1.54, 1.807) is 12.1 Å². The third kappa shape index (κ3) is 2.20. The fourth-order valence-corrected chi connectivity index (χ4v) is 1.87. The Morgan fingerprint density at radius 1 is 1.00 bits per heavy atom. The lowest BCUT2D eigenvalue weighted by Gasteiger charge is -2.06. The van der Waals surface area contributed by atoms with Crippen molar-refractivity contribution in [2.75, 3.05) is 0 Å². The van der Waals surface area contributed by atoms with Crippen LogP contribution in [0, 0.1) is 5.82 Å². The van der Waals surface area contributed by atoms with Crippen molar-refractivity contribution in [3.63, 3.8) is 0 Å². The molecule has 0 radical (unpaired) electrons. The zero-order valence-electron chi connectivity index (χ0n) is 9.69. The van der Waals surface area contributed by atoms with Crippen molar-refractivity contribution >= 4 is 10.9 Å². The van der Waals surface area contributed by atoms with Crippen molar-refractivity contribution in [3.05, 3.63) is 66.1 Å². The van der Waals surface area contributed by atoms with Crippen LogP contribution >= 0.6 is 0 Å². The predicted octanol–water partition coefficient (Wildman–Crippen LogP) is 3.89. The Balaban J connectivity index is 1.74. The Kier molecular flexibility index (Phi) is 2.73. The second kappa shape index (κ2) is 4.53. The van der Waals surface area contributed by atoms with E-state index in [9.17, 15) is 4.39 Å². The molecule has 90 valence electrons. The molecule has 1 heterocycles. The van der Waals surface area contributed by atoms with Crippen molar-refractivity contribution in [2.24, 2.45) is 0 Å². The molecule has 1 N–H and O–H groups in total. The third-order valence-corrected chi connectivity index (χ3v) is 2.84. The highest BCUT2D eigenvalue weighted by Gasteiger charge is 1.99. The van der Waals surface area contributed by atoms with Gasteiger partial charge >= 0.3 is 0 Å². The number of ether oxygens (including phenoxy) is 1. The van der Waals surface area contributed by atoms with Crippen LogP contribution in [0.3, 0.4) is 0 Å². The Morgan fingerprint density at radius 2 is 1.83 bits per heavy atom. The number of hydrogen-bond donors (Lipinski definition) is 1. The average molecular weight is 241 g/mol. The van der Waals surface area contributed by atoms with Crippen molar-refractivity contribution in [3.8, 4) is 5.75 Å². The Hall–Kier alpha value is -2.29. The van der Waals surface area contributed by atoms with Crippen molar-refractivity contribution in [1.29, 1.82) is 0 Å². The maximum atomic E-state index is 12.7. The quantitative estimate of drug-likeness (QED) is 0.739. The lowest BCUT2D eigenvalue weighted by Crippen LogP contribution is -1.95. The van der Waals surface area contributed by atoms with Crippen molar-refractivity contribution in [2.45, 2.75) is 6.61 Å². The zero-order chi connectivity index (χ0) is 12.4. The molecule has 0 saturated carbocycles. The van der Waals surface area contributed by atoms with E-state index < -0.39 is 0 Å². The van der Waals surface area contributed by atoms with Crippen LogP contribution in [-0.4, -0.2) is 4.98 Å². The molecule has 0 fully saturated rings. The first-order chi connectivity index (χ1) is 8.81. The first-order valence-electron chi connectivity index (χ1n) is 5.76. The normalized spacial score (nSPS) is 10.7. The molecule has 1 aromatic heterocycles. The lowest BCUT2D eigenvalue weighted by molar-refractivity contribution is 0.306. The molecule has 0 aliphatic rings. The van der Waals surface area contributed by atoms with Gasteiger partial charge in [0, 0.05) is 17.1 Å². The summed E-state index contributed by atoms with van der Waals surface area (Å²) in [5.41, 5.74) is 2.04. The summed E-state index contributed by atoms with van der Waals surface area (Å²) in [5, 5.41) is 1.12. The number of halogens is 1. The highest BCUT2D eigenvalue weighted by molar-refractivity contribution is 5.80. The van der Waals surface area contributed by atoms with Crippen LogP contribution in [0.5, 0.6) is 5.75 Å². The van der Waals surface area contributed by atoms with Crippen LogP contribution in [0.25, 0.3) is 10.9 Å². The Morgan fingerprint density at radius 3 is 2.67 bits per heavy atom. The fourth-order valence-electron chi connectivity index (χ4n) is 1.87. The van der Waals surface area contributed by atoms with E-state index in [4.69, 9.17) is 4.74 Å². The molecule has 18 heavy (non-hydrogen) atoms. The number of nitrogens with one attached hydrogen (secondary N) is 1. The number of fused-ring (bicyclic) bond motifs is 1. The number of aromatic nitrogens is 1. The van der Waals surface area contributed by atoms with Crippen LogP contribution in [0.2, 0.25) is 0 Å². The first kappa shape index (κ1) is 10.8. The summed E-state index contributed by atoms with van der Waals surface area (Å²) in [4.78, 5) is 3.13. The second-order valence-electron chi connectivity index (χ2n) is 4.14. The zero-order valence-corrected chi connectivity index (χ0v) is 9.69. The second-order valence-corrected chi connectivity index (χ2v) is 4.14. The van der Waals surface area contributed by atoms with Gasteiger partial charge in [0.15, 0.2) is 0 Å². The van der Waals surface area contributed by atoms with Gasteiger partial charge in [-0.25, -0.2) is 4.39 Å². The van der Waals surface area contributed by atoms with Crippen LogP contribution < -0.4 is 4.74 Å². The number of benzene rings is 2. The minimum atomic E-state index is -0.229. The lowest BCUT2D eigenvalue weighted by atomic mass is 10.2. The smallest absolute Gasteiger partial charge is 0.123 e. The van der Waals surface area contributed by atoms with Crippen LogP contribution in [0.15, 0.2) is 54.7 Å². The minimum Gasteiger partial charge on any atom is -0.489 e. The molecule has 0 bridgehead atoms. The highest BCUT2D eigenvalue weighted by atomic mass is 19.1. The molecule has 0 spiro atoms. The summed E-state index contributed by atoms with van der Waals surface area (Å²) in [5.74, 6) is 0.582. The van der Waals surface area contributed by atoms with Gasteiger partial charge in [-0.3, -0.25) is 0 Å². The summed E-state index contributed by atoms with van der Waals surface area (Å²) in [6, 6.07) is 14.2. The topological polar surface area (TPSA) is 25.0 Å². The molecular formula is C15H12FNO. The van der Waals surface area contributed by atoms with Crippen LogP contribution in [0.4, 0.5) is 4.39 Å². The molecule has 0 unspecified atom stereocenters. The molecule has 3 aromatic rings. The molecule has 0 aliphatic carbocycles. The van der Waals surface area contributed by atoms with Gasteiger partial charge in [-0.2, -0.15) is 0 Å². The summed E-state index contributed by atoms with van der Waals surface area (Å²) in [6.07, 6.45) is 1.90. The summed E-state index contributed by atoms with van der Waals surface area (Å²) >= 11 is 0. The SMILES string of the molecule is Fc1ccc(COc2ccc3[nH]ccc3c2)cc1. The number of rotatable bonds is 3. The average Bonchev–Trinajstić information content (AvgIpc) is 2.85. The molecule has 0 amide bonds. The van der Waals surface area contributed by atoms with E-state index in [0.717, 1.165) is 22.2 Å². The van der Waals surface area contributed by atoms with Crippen molar-refractivity contribution < 1.29 is 9.13 Å². The van der Waals surface area contributed by atoms with Crippen LogP contribution in [-0.2, 0) is 6.61 Å².